The molecule has 148 valence electrons. The van der Waals surface area contributed by atoms with Gasteiger partial charge in [-0.3, -0.25) is 0 Å². The van der Waals surface area contributed by atoms with Gasteiger partial charge in [-0.15, -0.1) is 6.42 Å². The third kappa shape index (κ3) is 4.93. The van der Waals surface area contributed by atoms with Crippen LogP contribution in [0.3, 0.4) is 0 Å². The molecule has 4 bridgehead atoms. The van der Waals surface area contributed by atoms with Crippen LogP contribution in [0.15, 0.2) is 48.8 Å². The van der Waals surface area contributed by atoms with E-state index >= 15 is 0 Å². The van der Waals surface area contributed by atoms with Gasteiger partial charge in [-0.1, -0.05) is 12.0 Å². The van der Waals surface area contributed by atoms with Crippen molar-refractivity contribution in [2.45, 2.75) is 6.10 Å². The van der Waals surface area contributed by atoms with Crippen molar-refractivity contribution < 1.29 is 18.9 Å². The maximum absolute atomic E-state index is 5.89. The van der Waals surface area contributed by atoms with Crippen molar-refractivity contribution in [2.24, 2.45) is 0 Å². The van der Waals surface area contributed by atoms with E-state index in [-0.39, 0.29) is 6.10 Å². The number of hydrogen-bond donors (Lipinski definition) is 1. The molecule has 1 aromatic carbocycles. The van der Waals surface area contributed by atoms with Crippen LogP contribution in [0.2, 0.25) is 0 Å². The van der Waals surface area contributed by atoms with Crippen LogP contribution in [0.1, 0.15) is 17.4 Å². The molecule has 0 amide bonds. The van der Waals surface area contributed by atoms with Gasteiger partial charge in [0.05, 0.1) is 25.5 Å². The summed E-state index contributed by atoms with van der Waals surface area (Å²) in [6.45, 7) is 2.15. The molecule has 1 atom stereocenters. The molecule has 0 saturated carbocycles. The number of ether oxygens (including phenoxy) is 4. The molecule has 4 rings (SSSR count). The van der Waals surface area contributed by atoms with Gasteiger partial charge in [0.1, 0.15) is 31.5 Å². The summed E-state index contributed by atoms with van der Waals surface area (Å²) in [5.41, 5.74) is 2.33. The minimum atomic E-state index is -0.290. The first-order chi connectivity index (χ1) is 14.3. The molecule has 0 fully saturated rings. The smallest absolute Gasteiger partial charge is 0.163 e. The van der Waals surface area contributed by atoms with Crippen LogP contribution in [0, 0.1) is 12.3 Å². The van der Waals surface area contributed by atoms with Crippen molar-refractivity contribution in [1.82, 2.24) is 9.97 Å². The minimum absolute atomic E-state index is 0.290. The Morgan fingerprint density at radius 1 is 0.966 bits per heavy atom. The van der Waals surface area contributed by atoms with Crippen LogP contribution in [0.5, 0.6) is 11.5 Å². The van der Waals surface area contributed by atoms with E-state index in [4.69, 9.17) is 25.4 Å². The molecular weight excluding hydrogens is 370 g/mol. The third-order valence-corrected chi connectivity index (χ3v) is 4.37. The fraction of sp³-hybridized carbons (Fsp3) is 0.273. The first-order valence-corrected chi connectivity index (χ1v) is 9.35. The Kier molecular flexibility index (Phi) is 6.05. The predicted octanol–water partition coefficient (Wildman–Crippen LogP) is 3.19. The molecule has 0 radical (unpaired) electrons. The normalized spacial score (nSPS) is 17.6. The molecule has 7 nitrogen and oxygen atoms in total. The summed E-state index contributed by atoms with van der Waals surface area (Å²) in [4.78, 5) is 8.93. The highest BCUT2D eigenvalue weighted by Gasteiger charge is 2.21. The maximum Gasteiger partial charge on any atom is 0.163 e. The Morgan fingerprint density at radius 3 is 2.83 bits per heavy atom. The Morgan fingerprint density at radius 2 is 1.90 bits per heavy atom. The van der Waals surface area contributed by atoms with Crippen LogP contribution in [-0.2, 0) is 9.47 Å². The summed E-state index contributed by atoms with van der Waals surface area (Å²) < 4.78 is 23.1. The largest absolute Gasteiger partial charge is 0.487 e. The molecule has 29 heavy (non-hydrogen) atoms. The van der Waals surface area contributed by atoms with Gasteiger partial charge < -0.3 is 24.3 Å². The van der Waals surface area contributed by atoms with E-state index in [1.807, 2.05) is 36.4 Å². The fourth-order valence-electron chi connectivity index (χ4n) is 2.94. The van der Waals surface area contributed by atoms with Crippen molar-refractivity contribution >= 4 is 11.5 Å². The van der Waals surface area contributed by atoms with E-state index < -0.39 is 0 Å². The summed E-state index contributed by atoms with van der Waals surface area (Å²) in [6.07, 6.45) is 6.69. The van der Waals surface area contributed by atoms with Gasteiger partial charge in [-0.2, -0.15) is 0 Å². The molecule has 0 aliphatic carbocycles. The molecule has 3 heterocycles. The number of terminal acetylenes is 1. The summed E-state index contributed by atoms with van der Waals surface area (Å²) in [7, 11) is 0. The van der Waals surface area contributed by atoms with Crippen molar-refractivity contribution in [3.05, 3.63) is 60.0 Å². The summed E-state index contributed by atoms with van der Waals surface area (Å²) >= 11 is 0. The van der Waals surface area contributed by atoms with Crippen LogP contribution >= 0.6 is 0 Å². The number of nitrogens with one attached hydrogen (secondary N) is 1. The van der Waals surface area contributed by atoms with E-state index in [1.54, 1.807) is 6.07 Å². The van der Waals surface area contributed by atoms with E-state index in [2.05, 4.69) is 21.2 Å². The first kappa shape index (κ1) is 19.0. The average molecular weight is 391 g/mol. The molecule has 1 N–H and O–H groups in total. The number of hydrogen-bond acceptors (Lipinski definition) is 7. The lowest BCUT2D eigenvalue weighted by molar-refractivity contribution is -0.0287. The molecule has 2 aromatic rings. The highest BCUT2D eigenvalue weighted by molar-refractivity contribution is 5.58. The van der Waals surface area contributed by atoms with Gasteiger partial charge in [0, 0.05) is 17.3 Å². The lowest BCUT2D eigenvalue weighted by Crippen LogP contribution is -2.22. The standard InChI is InChI=1S/C22H21N3O4/c1-2-16-4-3-5-17(12-16)25-22-7-6-19-20-13-18(23-15-24-22)21(14-29-20)28-11-9-26-8-10-27-19/h1,3-7,12-13,15,21H,8-11,14H2,(H,23,24,25). The summed E-state index contributed by atoms with van der Waals surface area (Å²) in [5, 5.41) is 3.24. The summed E-state index contributed by atoms with van der Waals surface area (Å²) in [5.74, 6) is 4.38. The summed E-state index contributed by atoms with van der Waals surface area (Å²) in [6, 6.07) is 13.0. The zero-order valence-corrected chi connectivity index (χ0v) is 15.8. The molecule has 2 aliphatic heterocycles. The topological polar surface area (TPSA) is 74.7 Å². The Labute approximate surface area is 169 Å². The maximum atomic E-state index is 5.89. The fourth-order valence-corrected chi connectivity index (χ4v) is 2.94. The zero-order chi connectivity index (χ0) is 19.9. The zero-order valence-electron chi connectivity index (χ0n) is 15.8. The Bertz CT molecular complexity index is 972. The quantitative estimate of drug-likeness (QED) is 0.788. The van der Waals surface area contributed by atoms with Gasteiger partial charge in [-0.25, -0.2) is 9.97 Å². The van der Waals surface area contributed by atoms with E-state index in [0.29, 0.717) is 50.4 Å². The average Bonchev–Trinajstić information content (AvgIpc) is 2.74. The van der Waals surface area contributed by atoms with E-state index in [9.17, 15) is 0 Å². The predicted molar refractivity (Wildman–Crippen MR) is 108 cm³/mol. The van der Waals surface area contributed by atoms with Gasteiger partial charge in [0.15, 0.2) is 11.5 Å². The molecule has 1 unspecified atom stereocenters. The van der Waals surface area contributed by atoms with Crippen LogP contribution < -0.4 is 14.8 Å². The van der Waals surface area contributed by atoms with Crippen LogP contribution in [0.25, 0.3) is 0 Å². The van der Waals surface area contributed by atoms with Crippen molar-refractivity contribution in [2.75, 3.05) is 38.4 Å². The number of rotatable bonds is 2. The lowest BCUT2D eigenvalue weighted by atomic mass is 10.2. The second-order valence-electron chi connectivity index (χ2n) is 6.37. The molecule has 2 aliphatic rings. The highest BCUT2D eigenvalue weighted by atomic mass is 16.6. The second kappa shape index (κ2) is 9.24. The van der Waals surface area contributed by atoms with Crippen molar-refractivity contribution in [1.29, 1.82) is 0 Å². The number of anilines is 2. The molecule has 0 spiro atoms. The number of nitrogens with zero attached hydrogens (tertiary/aromatic N) is 2. The van der Waals surface area contributed by atoms with Crippen molar-refractivity contribution in [3.8, 4) is 23.8 Å². The minimum Gasteiger partial charge on any atom is -0.487 e. The van der Waals surface area contributed by atoms with E-state index in [1.165, 1.54) is 6.33 Å². The van der Waals surface area contributed by atoms with Gasteiger partial charge in [0.25, 0.3) is 0 Å². The third-order valence-electron chi connectivity index (χ3n) is 4.37. The van der Waals surface area contributed by atoms with Gasteiger partial charge in [-0.05, 0) is 30.3 Å². The SMILES string of the molecule is C#Cc1cccc(Nc2ccc3c4cc(ncn2)C(CO4)OCCOCCO3)c1. The molecule has 0 saturated heterocycles. The van der Waals surface area contributed by atoms with Gasteiger partial charge in [0.2, 0.25) is 0 Å². The molecule has 1 aromatic heterocycles. The van der Waals surface area contributed by atoms with Crippen LogP contribution in [0.4, 0.5) is 11.5 Å². The second-order valence-corrected chi connectivity index (χ2v) is 6.37. The first-order valence-electron chi connectivity index (χ1n) is 9.35. The monoisotopic (exact) mass is 391 g/mol. The Balaban J connectivity index is 1.74. The van der Waals surface area contributed by atoms with Crippen LogP contribution in [-0.4, -0.2) is 43.0 Å². The number of aromatic nitrogens is 2. The van der Waals surface area contributed by atoms with Crippen molar-refractivity contribution in [3.63, 3.8) is 0 Å². The highest BCUT2D eigenvalue weighted by Crippen LogP contribution is 2.33. The van der Waals surface area contributed by atoms with Gasteiger partial charge >= 0.3 is 0 Å². The molecular formula is C22H21N3O4. The van der Waals surface area contributed by atoms with E-state index in [0.717, 1.165) is 16.9 Å². The molecule has 7 heteroatoms. The number of benzene rings is 1. The lowest BCUT2D eigenvalue weighted by Gasteiger charge is -2.24. The Hall–Kier alpha value is -3.34.